The average molecular weight is 421 g/mol. The molecule has 1 fully saturated rings. The summed E-state index contributed by atoms with van der Waals surface area (Å²) in [6, 6.07) is 7.35. The number of halogens is 1. The summed E-state index contributed by atoms with van der Waals surface area (Å²) in [6.45, 7) is 19.1. The molecular weight excluding hydrogens is 380 g/mol. The van der Waals surface area contributed by atoms with Gasteiger partial charge in [0.15, 0.2) is 0 Å². The molecule has 0 bridgehead atoms. The lowest BCUT2D eigenvalue weighted by Gasteiger charge is -2.20. The van der Waals surface area contributed by atoms with Gasteiger partial charge in [-0.3, -0.25) is 4.79 Å². The van der Waals surface area contributed by atoms with Crippen LogP contribution in [0.5, 0.6) is 0 Å². The summed E-state index contributed by atoms with van der Waals surface area (Å²) in [5.74, 6) is 2.87. The molecule has 1 aliphatic heterocycles. The Morgan fingerprint density at radius 2 is 1.79 bits per heavy atom. The van der Waals surface area contributed by atoms with E-state index in [4.69, 9.17) is 16.9 Å². The molecule has 0 aliphatic carbocycles. The van der Waals surface area contributed by atoms with Crippen LogP contribution in [0.3, 0.4) is 0 Å². The number of amides is 1. The largest absolute Gasteiger partial charge is 0.342 e. The zero-order valence-electron chi connectivity index (χ0n) is 19.8. The predicted molar refractivity (Wildman–Crippen MR) is 125 cm³/mol. The summed E-state index contributed by atoms with van der Waals surface area (Å²) in [5, 5.41) is 9.00. The van der Waals surface area contributed by atoms with E-state index in [2.05, 4.69) is 34.6 Å². The van der Waals surface area contributed by atoms with E-state index in [-0.39, 0.29) is 5.92 Å². The lowest BCUT2D eigenvalue weighted by Crippen LogP contribution is -2.32. The molecule has 1 heterocycles. The van der Waals surface area contributed by atoms with Crippen molar-refractivity contribution in [3.05, 3.63) is 34.3 Å². The third-order valence-electron chi connectivity index (χ3n) is 5.54. The zero-order valence-corrected chi connectivity index (χ0v) is 20.5. The van der Waals surface area contributed by atoms with Crippen molar-refractivity contribution in [2.45, 2.75) is 74.7 Å². The Labute approximate surface area is 184 Å². The molecule has 0 radical (unpaired) electrons. The highest BCUT2D eigenvalue weighted by Crippen LogP contribution is 2.26. The highest BCUT2D eigenvalue weighted by atomic mass is 35.5. The molecule has 164 valence electrons. The molecule has 2 unspecified atom stereocenters. The van der Waals surface area contributed by atoms with Crippen molar-refractivity contribution in [3.8, 4) is 6.07 Å². The molecule has 2 rings (SSSR count). The molecule has 1 aromatic rings. The van der Waals surface area contributed by atoms with Gasteiger partial charge in [0.25, 0.3) is 0 Å². The van der Waals surface area contributed by atoms with Crippen LogP contribution < -0.4 is 0 Å². The molecule has 1 amide bonds. The van der Waals surface area contributed by atoms with Crippen LogP contribution in [0.15, 0.2) is 18.2 Å². The summed E-state index contributed by atoms with van der Waals surface area (Å²) >= 11 is 5.71. The second-order valence-electron chi connectivity index (χ2n) is 8.77. The molecular formula is C25H41ClN2O. The minimum Gasteiger partial charge on any atom is -0.342 e. The standard InChI is InChI=1S/C12H23NO.C8H6ClN.C5H12/c1-5-10(4)11-6-7-13(8-11)12(14)9(2)3;1-6-2-3-7(5-10)8(9)4-6;1-4-5(2)3/h9-11H,5-8H2,1-4H3;2-4H,1H3;5H,4H2,1-3H3. The van der Waals surface area contributed by atoms with Crippen molar-refractivity contribution in [2.75, 3.05) is 13.1 Å². The minimum atomic E-state index is 0.158. The van der Waals surface area contributed by atoms with Gasteiger partial charge in [0.2, 0.25) is 5.91 Å². The Kier molecular flexibility index (Phi) is 13.7. The van der Waals surface area contributed by atoms with Crippen LogP contribution in [0.2, 0.25) is 5.02 Å². The lowest BCUT2D eigenvalue weighted by molar-refractivity contribution is -0.133. The molecule has 1 aromatic carbocycles. The fourth-order valence-corrected chi connectivity index (χ4v) is 3.14. The van der Waals surface area contributed by atoms with E-state index >= 15 is 0 Å². The lowest BCUT2D eigenvalue weighted by atomic mass is 9.91. The van der Waals surface area contributed by atoms with Gasteiger partial charge in [-0.2, -0.15) is 5.26 Å². The van der Waals surface area contributed by atoms with Crippen molar-refractivity contribution in [3.63, 3.8) is 0 Å². The number of benzene rings is 1. The Morgan fingerprint density at radius 1 is 1.21 bits per heavy atom. The van der Waals surface area contributed by atoms with Gasteiger partial charge >= 0.3 is 0 Å². The number of carbonyl (C=O) groups is 1. The van der Waals surface area contributed by atoms with Gasteiger partial charge in [0, 0.05) is 19.0 Å². The maximum atomic E-state index is 11.7. The summed E-state index contributed by atoms with van der Waals surface area (Å²) in [6.07, 6.45) is 3.74. The zero-order chi connectivity index (χ0) is 22.6. The Morgan fingerprint density at radius 3 is 2.21 bits per heavy atom. The van der Waals surface area contributed by atoms with E-state index in [1.165, 1.54) is 19.3 Å². The number of nitrogens with zero attached hydrogens (tertiary/aromatic N) is 2. The topological polar surface area (TPSA) is 44.1 Å². The van der Waals surface area contributed by atoms with Crippen molar-refractivity contribution in [1.82, 2.24) is 4.90 Å². The van der Waals surface area contributed by atoms with Gasteiger partial charge in [0.1, 0.15) is 6.07 Å². The number of likely N-dealkylation sites (tertiary alicyclic amines) is 1. The van der Waals surface area contributed by atoms with Gasteiger partial charge in [-0.05, 0) is 48.8 Å². The maximum absolute atomic E-state index is 11.7. The molecule has 29 heavy (non-hydrogen) atoms. The first kappa shape index (κ1) is 27.5. The van der Waals surface area contributed by atoms with Crippen LogP contribution in [0.4, 0.5) is 0 Å². The van der Waals surface area contributed by atoms with Crippen LogP contribution in [0.1, 0.15) is 78.9 Å². The van der Waals surface area contributed by atoms with E-state index in [0.717, 1.165) is 36.4 Å². The van der Waals surface area contributed by atoms with Crippen LogP contribution >= 0.6 is 11.6 Å². The van der Waals surface area contributed by atoms with E-state index in [9.17, 15) is 4.79 Å². The van der Waals surface area contributed by atoms with Crippen molar-refractivity contribution in [1.29, 1.82) is 5.26 Å². The second kappa shape index (κ2) is 14.5. The minimum absolute atomic E-state index is 0.158. The highest BCUT2D eigenvalue weighted by molar-refractivity contribution is 6.31. The average Bonchev–Trinajstić information content (AvgIpc) is 3.17. The predicted octanol–water partition coefficient (Wildman–Crippen LogP) is 7.11. The van der Waals surface area contributed by atoms with Gasteiger partial charge in [-0.25, -0.2) is 0 Å². The number of nitriles is 1. The number of aryl methyl sites for hydroxylation is 1. The number of rotatable bonds is 4. The molecule has 4 heteroatoms. The first-order valence-electron chi connectivity index (χ1n) is 11.0. The Bertz CT molecular complexity index is 649. The Hall–Kier alpha value is -1.53. The fourth-order valence-electron chi connectivity index (χ4n) is 2.86. The van der Waals surface area contributed by atoms with Gasteiger partial charge in [-0.1, -0.05) is 79.0 Å². The third-order valence-corrected chi connectivity index (χ3v) is 5.85. The fraction of sp³-hybridized carbons (Fsp3) is 0.680. The highest BCUT2D eigenvalue weighted by Gasteiger charge is 2.29. The molecule has 0 aromatic heterocycles. The van der Waals surface area contributed by atoms with E-state index < -0.39 is 0 Å². The molecule has 2 atom stereocenters. The van der Waals surface area contributed by atoms with Gasteiger partial charge < -0.3 is 4.90 Å². The van der Waals surface area contributed by atoms with Gasteiger partial charge in [-0.15, -0.1) is 0 Å². The number of carbonyl (C=O) groups excluding carboxylic acids is 1. The molecule has 1 saturated heterocycles. The van der Waals surface area contributed by atoms with Crippen LogP contribution in [-0.2, 0) is 4.79 Å². The van der Waals surface area contributed by atoms with Crippen molar-refractivity contribution < 1.29 is 4.79 Å². The quantitative estimate of drug-likeness (QED) is 0.520. The maximum Gasteiger partial charge on any atom is 0.225 e. The van der Waals surface area contributed by atoms with E-state index in [1.807, 2.05) is 37.8 Å². The number of hydrogen-bond acceptors (Lipinski definition) is 2. The van der Waals surface area contributed by atoms with Crippen LogP contribution in [0, 0.1) is 41.9 Å². The first-order chi connectivity index (χ1) is 13.6. The SMILES string of the molecule is CCC(C)C.CCC(C)C1CCN(C(=O)C(C)C)C1.Cc1ccc(C#N)c(Cl)c1. The summed E-state index contributed by atoms with van der Waals surface area (Å²) in [4.78, 5) is 13.8. The Balaban J connectivity index is 0.000000455. The first-order valence-corrected chi connectivity index (χ1v) is 11.4. The summed E-state index contributed by atoms with van der Waals surface area (Å²) < 4.78 is 0. The van der Waals surface area contributed by atoms with Gasteiger partial charge in [0.05, 0.1) is 10.6 Å². The summed E-state index contributed by atoms with van der Waals surface area (Å²) in [7, 11) is 0. The van der Waals surface area contributed by atoms with Crippen molar-refractivity contribution >= 4 is 17.5 Å². The van der Waals surface area contributed by atoms with E-state index in [0.29, 0.717) is 16.5 Å². The normalized spacial score (nSPS) is 16.5. The summed E-state index contributed by atoms with van der Waals surface area (Å²) in [5.41, 5.74) is 1.61. The molecule has 1 aliphatic rings. The molecule has 3 nitrogen and oxygen atoms in total. The smallest absolute Gasteiger partial charge is 0.225 e. The molecule has 0 N–H and O–H groups in total. The molecule has 0 saturated carbocycles. The number of hydrogen-bond donors (Lipinski definition) is 0. The van der Waals surface area contributed by atoms with Crippen molar-refractivity contribution in [2.24, 2.45) is 23.7 Å². The van der Waals surface area contributed by atoms with E-state index in [1.54, 1.807) is 12.1 Å². The monoisotopic (exact) mass is 420 g/mol. The van der Waals surface area contributed by atoms with Crippen LogP contribution in [-0.4, -0.2) is 23.9 Å². The van der Waals surface area contributed by atoms with Crippen LogP contribution in [0.25, 0.3) is 0 Å². The second-order valence-corrected chi connectivity index (χ2v) is 9.18. The third kappa shape index (κ3) is 10.7. The molecule has 0 spiro atoms.